The smallest absolute Gasteiger partial charge is 0.417 e. The zero-order chi connectivity index (χ0) is 16.2. The maximum Gasteiger partial charge on any atom is 0.417 e. The summed E-state index contributed by atoms with van der Waals surface area (Å²) in [4.78, 5) is 12.5. The third-order valence-electron chi connectivity index (χ3n) is 2.30. The molecular formula is C13H15NO5S2. The zero-order valence-corrected chi connectivity index (χ0v) is 13.4. The third kappa shape index (κ3) is 4.32. The van der Waals surface area contributed by atoms with Crippen molar-refractivity contribution in [2.75, 3.05) is 11.5 Å². The highest BCUT2D eigenvalue weighted by molar-refractivity contribution is 7.73. The summed E-state index contributed by atoms with van der Waals surface area (Å²) in [5, 5.41) is 18.2. The van der Waals surface area contributed by atoms with E-state index >= 15 is 0 Å². The van der Waals surface area contributed by atoms with Crippen molar-refractivity contribution in [1.29, 1.82) is 0 Å². The fraction of sp³-hybridized carbons (Fsp3) is 0.385. The van der Waals surface area contributed by atoms with E-state index in [2.05, 4.69) is 11.8 Å². The van der Waals surface area contributed by atoms with Crippen LogP contribution in [0.25, 0.3) is 0 Å². The van der Waals surface area contributed by atoms with Gasteiger partial charge in [-0.05, 0) is 12.1 Å². The number of aliphatic hydroxyl groups excluding tert-OH is 1. The molecule has 0 aliphatic carbocycles. The van der Waals surface area contributed by atoms with Crippen molar-refractivity contribution in [2.24, 2.45) is 5.41 Å². The molecular weight excluding hydrogens is 314 g/mol. The number of rotatable bonds is 1. The molecule has 6 nitrogen and oxygen atoms in total. The number of thiophene rings is 1. The lowest BCUT2D eigenvalue weighted by molar-refractivity contribution is 0.205. The summed E-state index contributed by atoms with van der Waals surface area (Å²) in [6.07, 6.45) is -1.38. The summed E-state index contributed by atoms with van der Waals surface area (Å²) in [5.74, 6) is 5.10. The van der Waals surface area contributed by atoms with E-state index in [-0.39, 0.29) is 16.6 Å². The number of hydrogen-bond donors (Lipinski definition) is 2. The van der Waals surface area contributed by atoms with Crippen LogP contribution in [0, 0.1) is 17.3 Å². The van der Waals surface area contributed by atoms with E-state index in [4.69, 9.17) is 5.11 Å². The minimum Gasteiger partial charge on any atom is -0.464 e. The van der Waals surface area contributed by atoms with Crippen LogP contribution in [0.15, 0.2) is 12.1 Å². The van der Waals surface area contributed by atoms with Crippen LogP contribution in [0.3, 0.4) is 0 Å². The lowest BCUT2D eigenvalue weighted by Gasteiger charge is -2.26. The van der Waals surface area contributed by atoms with Gasteiger partial charge >= 0.3 is 6.09 Å². The van der Waals surface area contributed by atoms with Crippen molar-refractivity contribution in [3.63, 3.8) is 0 Å². The lowest BCUT2D eigenvalue weighted by Crippen LogP contribution is -2.43. The molecule has 8 heteroatoms. The van der Waals surface area contributed by atoms with Gasteiger partial charge in [0.1, 0.15) is 11.6 Å². The largest absolute Gasteiger partial charge is 0.464 e. The number of aliphatic hydroxyl groups is 1. The third-order valence-corrected chi connectivity index (χ3v) is 4.39. The minimum absolute atomic E-state index is 0.235. The normalized spacial score (nSPS) is 10.5. The predicted molar refractivity (Wildman–Crippen MR) is 82.2 cm³/mol. The van der Waals surface area contributed by atoms with Crippen molar-refractivity contribution in [3.05, 3.63) is 17.0 Å². The molecule has 0 aliphatic rings. The molecule has 0 bridgehead atoms. The Balaban J connectivity index is 3.41. The van der Waals surface area contributed by atoms with Crippen LogP contribution >= 0.6 is 11.3 Å². The molecule has 0 atom stereocenters. The minimum atomic E-state index is -2.68. The molecule has 21 heavy (non-hydrogen) atoms. The molecule has 0 unspecified atom stereocenters. The number of hydrogen-bond acceptors (Lipinski definition) is 5. The van der Waals surface area contributed by atoms with Crippen molar-refractivity contribution in [1.82, 2.24) is 0 Å². The highest BCUT2D eigenvalue weighted by Crippen LogP contribution is 2.30. The number of nitrogens with zero attached hydrogens (tertiary/aromatic N) is 1. The van der Waals surface area contributed by atoms with E-state index in [1.807, 2.05) is 0 Å². The monoisotopic (exact) mass is 329 g/mol. The van der Waals surface area contributed by atoms with E-state index in [1.165, 1.54) is 6.07 Å². The van der Waals surface area contributed by atoms with Gasteiger partial charge in [0.15, 0.2) is 4.99 Å². The van der Waals surface area contributed by atoms with Crippen LogP contribution in [0.2, 0.25) is 0 Å². The predicted octanol–water partition coefficient (Wildman–Crippen LogP) is 1.63. The van der Waals surface area contributed by atoms with Crippen LogP contribution in [-0.4, -0.2) is 36.3 Å². The van der Waals surface area contributed by atoms with Crippen LogP contribution in [0.4, 0.5) is 9.80 Å². The highest BCUT2D eigenvalue weighted by atomic mass is 32.2. The van der Waals surface area contributed by atoms with Gasteiger partial charge in [0.25, 0.3) is 0 Å². The first-order chi connectivity index (χ1) is 9.68. The van der Waals surface area contributed by atoms with E-state index < -0.39 is 21.8 Å². The van der Waals surface area contributed by atoms with Crippen molar-refractivity contribution in [3.8, 4) is 11.8 Å². The Bertz CT molecular complexity index is 721. The first kappa shape index (κ1) is 17.2. The summed E-state index contributed by atoms with van der Waals surface area (Å²) in [7, 11) is -2.68. The second-order valence-electron chi connectivity index (χ2n) is 5.01. The Hall–Kier alpha value is -1.82. The molecule has 1 rings (SSSR count). The number of carbonyl (C=O) groups is 1. The first-order valence-corrected chi connectivity index (χ1v) is 7.77. The van der Waals surface area contributed by atoms with Crippen LogP contribution in [-0.2, 0) is 10.3 Å². The molecule has 1 heterocycles. The SMILES string of the molecule is CC(C)(C)C(N(C(=O)O)c1ccc(C#CCO)s1)=S(=O)=O. The molecule has 0 saturated carbocycles. The quantitative estimate of drug-likeness (QED) is 0.603. The standard InChI is InChI=1S/C13H15NO5S2/c1-13(2,3)11(21(18)19)14(12(16)17)10-7-6-9(20-10)5-4-8-15/h6-7,15H,8H2,1-3H3,(H,16,17). The van der Waals surface area contributed by atoms with Gasteiger partial charge in [-0.1, -0.05) is 32.6 Å². The molecule has 0 aromatic carbocycles. The van der Waals surface area contributed by atoms with Crippen molar-refractivity contribution >= 4 is 37.7 Å². The molecule has 2 N–H and O–H groups in total. The van der Waals surface area contributed by atoms with Crippen LogP contribution < -0.4 is 4.90 Å². The van der Waals surface area contributed by atoms with Crippen molar-refractivity contribution in [2.45, 2.75) is 20.8 Å². The average molecular weight is 329 g/mol. The average Bonchev–Trinajstić information content (AvgIpc) is 2.78. The van der Waals surface area contributed by atoms with Gasteiger partial charge in [-0.3, -0.25) is 0 Å². The molecule has 0 spiro atoms. The molecule has 1 amide bonds. The second-order valence-corrected chi connectivity index (χ2v) is 6.92. The van der Waals surface area contributed by atoms with E-state index in [0.717, 1.165) is 16.2 Å². The molecule has 1 aromatic heterocycles. The highest BCUT2D eigenvalue weighted by Gasteiger charge is 2.32. The summed E-state index contributed by atoms with van der Waals surface area (Å²) < 4.78 is 22.9. The maximum atomic E-state index is 11.5. The van der Waals surface area contributed by atoms with Gasteiger partial charge in [-0.15, -0.1) is 11.3 Å². The van der Waals surface area contributed by atoms with Gasteiger partial charge in [0.2, 0.25) is 10.3 Å². The summed E-state index contributed by atoms with van der Waals surface area (Å²) in [6.45, 7) is 4.55. The summed E-state index contributed by atoms with van der Waals surface area (Å²) in [5.41, 5.74) is -0.869. The molecule has 114 valence electrons. The van der Waals surface area contributed by atoms with Crippen LogP contribution in [0.1, 0.15) is 25.6 Å². The first-order valence-electron chi connectivity index (χ1n) is 5.87. The van der Waals surface area contributed by atoms with Gasteiger partial charge in [0.05, 0.1) is 4.88 Å². The molecule has 1 aromatic rings. The lowest BCUT2D eigenvalue weighted by atomic mass is 9.96. The topological polar surface area (TPSA) is 94.9 Å². The molecule has 0 aliphatic heterocycles. The molecule has 0 radical (unpaired) electrons. The summed E-state index contributed by atoms with van der Waals surface area (Å²) >= 11 is 1.04. The number of amides is 1. The Kier molecular flexibility index (Phi) is 5.54. The summed E-state index contributed by atoms with van der Waals surface area (Å²) in [6, 6.07) is 3.06. The second kappa shape index (κ2) is 6.76. The molecule has 0 fully saturated rings. The van der Waals surface area contributed by atoms with Gasteiger partial charge in [-0.25, -0.2) is 9.69 Å². The van der Waals surface area contributed by atoms with Gasteiger partial charge < -0.3 is 10.2 Å². The van der Waals surface area contributed by atoms with E-state index in [0.29, 0.717) is 4.88 Å². The Morgan fingerprint density at radius 3 is 2.43 bits per heavy atom. The van der Waals surface area contributed by atoms with Crippen molar-refractivity contribution < 1.29 is 23.4 Å². The Morgan fingerprint density at radius 1 is 1.38 bits per heavy atom. The maximum absolute atomic E-state index is 11.5. The van der Waals surface area contributed by atoms with Crippen LogP contribution in [0.5, 0.6) is 0 Å². The Morgan fingerprint density at radius 2 is 2.00 bits per heavy atom. The van der Waals surface area contributed by atoms with Gasteiger partial charge in [0, 0.05) is 5.41 Å². The molecule has 0 saturated heterocycles. The fourth-order valence-electron chi connectivity index (χ4n) is 1.58. The number of carboxylic acid groups (broad SMARTS) is 1. The number of anilines is 1. The van der Waals surface area contributed by atoms with E-state index in [9.17, 15) is 18.3 Å². The fourth-order valence-corrected chi connectivity index (χ4v) is 3.35. The van der Waals surface area contributed by atoms with Gasteiger partial charge in [-0.2, -0.15) is 8.42 Å². The van der Waals surface area contributed by atoms with E-state index in [1.54, 1.807) is 26.8 Å². The zero-order valence-electron chi connectivity index (χ0n) is 11.7. The Labute approximate surface area is 128 Å².